The van der Waals surface area contributed by atoms with Gasteiger partial charge in [-0.1, -0.05) is 24.3 Å². The molecule has 0 atom stereocenters. The smallest absolute Gasteiger partial charge is 0.265 e. The third-order valence-corrected chi connectivity index (χ3v) is 5.35. The highest BCUT2D eigenvalue weighted by Crippen LogP contribution is 2.35. The maximum atomic E-state index is 13.2. The second kappa shape index (κ2) is 9.09. The zero-order valence-corrected chi connectivity index (χ0v) is 17.9. The monoisotopic (exact) mass is 434 g/mol. The van der Waals surface area contributed by atoms with Crippen LogP contribution in [0, 0.1) is 19.7 Å². The van der Waals surface area contributed by atoms with E-state index in [0.29, 0.717) is 29.4 Å². The number of carbonyl (C=O) groups excluding carboxylic acids is 2. The van der Waals surface area contributed by atoms with E-state index < -0.39 is 0 Å². The van der Waals surface area contributed by atoms with E-state index in [1.807, 2.05) is 32.0 Å². The van der Waals surface area contributed by atoms with Crippen LogP contribution in [0.4, 0.5) is 15.8 Å². The Bertz CT molecular complexity index is 1160. The summed E-state index contributed by atoms with van der Waals surface area (Å²) >= 11 is 0. The van der Waals surface area contributed by atoms with Gasteiger partial charge in [-0.15, -0.1) is 0 Å². The van der Waals surface area contributed by atoms with E-state index in [1.54, 1.807) is 35.2 Å². The summed E-state index contributed by atoms with van der Waals surface area (Å²) in [6, 6.07) is 16.8. The second-order valence-corrected chi connectivity index (χ2v) is 7.61. The van der Waals surface area contributed by atoms with Crippen LogP contribution in [0.2, 0.25) is 0 Å². The number of amides is 2. The molecule has 1 aliphatic heterocycles. The minimum atomic E-state index is -0.329. The van der Waals surface area contributed by atoms with Crippen LogP contribution in [-0.4, -0.2) is 25.0 Å². The van der Waals surface area contributed by atoms with E-state index in [-0.39, 0.29) is 30.8 Å². The summed E-state index contributed by atoms with van der Waals surface area (Å²) in [4.78, 5) is 26.4. The normalized spacial score (nSPS) is 12.7. The number of hydrogen-bond acceptors (Lipinski definition) is 4. The number of hydrogen-bond donors (Lipinski definition) is 1. The van der Waals surface area contributed by atoms with Gasteiger partial charge < -0.3 is 19.7 Å². The topological polar surface area (TPSA) is 67.9 Å². The number of benzene rings is 3. The van der Waals surface area contributed by atoms with Crippen molar-refractivity contribution in [2.75, 3.05) is 23.4 Å². The summed E-state index contributed by atoms with van der Waals surface area (Å²) in [5.41, 5.74) is 4.01. The van der Waals surface area contributed by atoms with Crippen molar-refractivity contribution in [2.24, 2.45) is 0 Å². The number of nitrogens with zero attached hydrogens (tertiary/aromatic N) is 1. The Kier molecular flexibility index (Phi) is 6.07. The van der Waals surface area contributed by atoms with Crippen LogP contribution in [0.25, 0.3) is 0 Å². The van der Waals surface area contributed by atoms with Gasteiger partial charge >= 0.3 is 0 Å². The van der Waals surface area contributed by atoms with Crippen molar-refractivity contribution >= 4 is 23.2 Å². The number of halogens is 1. The van der Waals surface area contributed by atoms with Crippen molar-refractivity contribution < 1.29 is 23.5 Å². The molecule has 3 aromatic carbocycles. The van der Waals surface area contributed by atoms with Gasteiger partial charge in [0.2, 0.25) is 0 Å². The molecule has 3 aromatic rings. The Morgan fingerprint density at radius 3 is 2.69 bits per heavy atom. The average molecular weight is 434 g/mol. The number of rotatable bonds is 6. The first kappa shape index (κ1) is 21.4. The van der Waals surface area contributed by atoms with E-state index >= 15 is 0 Å². The molecule has 1 heterocycles. The van der Waals surface area contributed by atoms with Crippen LogP contribution in [0.5, 0.6) is 11.5 Å². The molecule has 32 heavy (non-hydrogen) atoms. The minimum Gasteiger partial charge on any atom is -0.483 e. The minimum absolute atomic E-state index is 0.110. The Morgan fingerprint density at radius 1 is 1.12 bits per heavy atom. The third-order valence-electron chi connectivity index (χ3n) is 5.35. The summed E-state index contributed by atoms with van der Waals surface area (Å²) in [5, 5.41) is 2.79. The predicted molar refractivity (Wildman–Crippen MR) is 120 cm³/mol. The van der Waals surface area contributed by atoms with Gasteiger partial charge in [-0.25, -0.2) is 4.39 Å². The highest BCUT2D eigenvalue weighted by Gasteiger charge is 2.26. The molecule has 7 heteroatoms. The molecule has 0 unspecified atom stereocenters. The second-order valence-electron chi connectivity index (χ2n) is 7.61. The first-order valence-corrected chi connectivity index (χ1v) is 10.2. The van der Waals surface area contributed by atoms with Crippen molar-refractivity contribution in [3.05, 3.63) is 83.2 Å². The van der Waals surface area contributed by atoms with Gasteiger partial charge in [0.15, 0.2) is 13.2 Å². The molecule has 1 aliphatic rings. The van der Waals surface area contributed by atoms with Crippen molar-refractivity contribution in [2.45, 2.75) is 20.4 Å². The third kappa shape index (κ3) is 4.72. The zero-order valence-electron chi connectivity index (χ0n) is 17.9. The fourth-order valence-corrected chi connectivity index (χ4v) is 3.45. The van der Waals surface area contributed by atoms with E-state index in [4.69, 9.17) is 9.47 Å². The molecule has 0 bridgehead atoms. The zero-order chi connectivity index (χ0) is 22.7. The lowest BCUT2D eigenvalue weighted by Crippen LogP contribution is -2.38. The van der Waals surface area contributed by atoms with E-state index in [9.17, 15) is 14.0 Å². The van der Waals surface area contributed by atoms with Crippen LogP contribution in [0.3, 0.4) is 0 Å². The maximum absolute atomic E-state index is 13.2. The van der Waals surface area contributed by atoms with Crippen LogP contribution in [0.15, 0.2) is 60.7 Å². The lowest BCUT2D eigenvalue weighted by atomic mass is 10.1. The van der Waals surface area contributed by atoms with Crippen molar-refractivity contribution in [3.63, 3.8) is 0 Å². The van der Waals surface area contributed by atoms with Gasteiger partial charge in [0, 0.05) is 11.8 Å². The molecule has 1 N–H and O–H groups in total. The van der Waals surface area contributed by atoms with Crippen LogP contribution in [0.1, 0.15) is 16.7 Å². The lowest BCUT2D eigenvalue weighted by Gasteiger charge is -2.29. The molecule has 2 amide bonds. The number of aryl methyl sites for hydroxylation is 1. The van der Waals surface area contributed by atoms with E-state index in [2.05, 4.69) is 5.32 Å². The van der Waals surface area contributed by atoms with Crippen LogP contribution in [-0.2, 0) is 16.1 Å². The number of nitrogens with one attached hydrogen (secondary N) is 1. The Morgan fingerprint density at radius 2 is 1.91 bits per heavy atom. The highest BCUT2D eigenvalue weighted by molar-refractivity contribution is 5.99. The quantitative estimate of drug-likeness (QED) is 0.625. The van der Waals surface area contributed by atoms with E-state index in [0.717, 1.165) is 16.7 Å². The fraction of sp³-hybridized carbons (Fsp3) is 0.200. The molecule has 4 rings (SSSR count). The molecule has 0 aromatic heterocycles. The summed E-state index contributed by atoms with van der Waals surface area (Å²) in [6.45, 7) is 3.99. The molecular formula is C25H23FN2O4. The highest BCUT2D eigenvalue weighted by atomic mass is 19.1. The number of ether oxygens (including phenoxy) is 2. The van der Waals surface area contributed by atoms with E-state index in [1.165, 1.54) is 12.1 Å². The van der Waals surface area contributed by atoms with Gasteiger partial charge in [-0.2, -0.15) is 0 Å². The molecule has 0 fully saturated rings. The molecule has 0 aliphatic carbocycles. The summed E-state index contributed by atoms with van der Waals surface area (Å²) in [6.07, 6.45) is 0. The lowest BCUT2D eigenvalue weighted by molar-refractivity contribution is -0.121. The van der Waals surface area contributed by atoms with Gasteiger partial charge in [-0.3, -0.25) is 9.59 Å². The summed E-state index contributed by atoms with van der Waals surface area (Å²) in [5.74, 6) is 0.328. The molecule has 0 saturated carbocycles. The summed E-state index contributed by atoms with van der Waals surface area (Å²) < 4.78 is 24.4. The fourth-order valence-electron chi connectivity index (χ4n) is 3.45. The number of fused-ring (bicyclic) bond motifs is 1. The van der Waals surface area contributed by atoms with Gasteiger partial charge in [0.25, 0.3) is 11.8 Å². The molecule has 6 nitrogen and oxygen atoms in total. The molecule has 0 radical (unpaired) electrons. The van der Waals surface area contributed by atoms with Crippen LogP contribution < -0.4 is 19.7 Å². The van der Waals surface area contributed by atoms with Crippen molar-refractivity contribution in [1.82, 2.24) is 0 Å². The standard InChI is InChI=1S/C25H23FN2O4/c1-16-4-3-5-22(17(16)2)31-14-24(29)27-20-10-11-21-23(12-20)32-15-25(30)28(21)13-18-6-8-19(26)9-7-18/h3-12H,13-15H2,1-2H3,(H,27,29). The predicted octanol–water partition coefficient (Wildman–Crippen LogP) is 4.39. The molecular weight excluding hydrogens is 411 g/mol. The Hall–Kier alpha value is -3.87. The SMILES string of the molecule is Cc1cccc(OCC(=O)Nc2ccc3c(c2)OCC(=O)N3Cc2ccc(F)cc2)c1C. The van der Waals surface area contributed by atoms with Gasteiger partial charge in [-0.05, 0) is 60.9 Å². The van der Waals surface area contributed by atoms with Crippen molar-refractivity contribution in [1.29, 1.82) is 0 Å². The number of carbonyl (C=O) groups is 2. The molecule has 0 spiro atoms. The van der Waals surface area contributed by atoms with Crippen LogP contribution >= 0.6 is 0 Å². The maximum Gasteiger partial charge on any atom is 0.265 e. The number of anilines is 2. The van der Waals surface area contributed by atoms with Gasteiger partial charge in [0.05, 0.1) is 12.2 Å². The molecule has 0 saturated heterocycles. The Balaban J connectivity index is 1.43. The first-order valence-electron chi connectivity index (χ1n) is 10.2. The molecule has 164 valence electrons. The Labute approximate surface area is 185 Å². The summed E-state index contributed by atoms with van der Waals surface area (Å²) in [7, 11) is 0. The van der Waals surface area contributed by atoms with Crippen molar-refractivity contribution in [3.8, 4) is 11.5 Å². The largest absolute Gasteiger partial charge is 0.483 e. The average Bonchev–Trinajstić information content (AvgIpc) is 2.78. The van der Waals surface area contributed by atoms with Gasteiger partial charge in [0.1, 0.15) is 17.3 Å². The first-order chi connectivity index (χ1) is 15.4.